The SMILES string of the molecule is Cc1nn(CCS(=O)(=O)N(Cc2cc(C3CC3)on2)C(C)C)c(=O)o1. The fourth-order valence-corrected chi connectivity index (χ4v) is 4.20. The van der Waals surface area contributed by atoms with Crippen molar-refractivity contribution >= 4 is 10.0 Å². The zero-order chi connectivity index (χ0) is 18.2. The van der Waals surface area contributed by atoms with Crippen LogP contribution in [0.3, 0.4) is 0 Å². The topological polar surface area (TPSA) is 111 Å². The molecule has 9 nitrogen and oxygen atoms in total. The highest BCUT2D eigenvalue weighted by atomic mass is 32.2. The van der Waals surface area contributed by atoms with Gasteiger partial charge in [-0.1, -0.05) is 5.16 Å². The van der Waals surface area contributed by atoms with Crippen molar-refractivity contribution < 1.29 is 17.4 Å². The first-order valence-corrected chi connectivity index (χ1v) is 9.87. The summed E-state index contributed by atoms with van der Waals surface area (Å²) in [4.78, 5) is 11.5. The smallest absolute Gasteiger partial charge is 0.393 e. The number of hydrogen-bond acceptors (Lipinski definition) is 7. The van der Waals surface area contributed by atoms with Crippen LogP contribution in [0, 0.1) is 6.92 Å². The van der Waals surface area contributed by atoms with Crippen molar-refractivity contribution in [3.63, 3.8) is 0 Å². The van der Waals surface area contributed by atoms with Crippen molar-refractivity contribution in [2.24, 2.45) is 0 Å². The summed E-state index contributed by atoms with van der Waals surface area (Å²) < 4.78 is 37.9. The van der Waals surface area contributed by atoms with E-state index in [1.807, 2.05) is 6.07 Å². The third-order valence-electron chi connectivity index (χ3n) is 4.08. The van der Waals surface area contributed by atoms with Gasteiger partial charge in [0.15, 0.2) is 0 Å². The molecule has 0 spiro atoms. The molecule has 2 aromatic heterocycles. The third kappa shape index (κ3) is 4.18. The summed E-state index contributed by atoms with van der Waals surface area (Å²) in [6.07, 6.45) is 2.18. The van der Waals surface area contributed by atoms with E-state index in [9.17, 15) is 13.2 Å². The Labute approximate surface area is 145 Å². The van der Waals surface area contributed by atoms with E-state index in [2.05, 4.69) is 10.3 Å². The number of aromatic nitrogens is 3. The first-order valence-electron chi connectivity index (χ1n) is 8.26. The molecule has 2 aromatic rings. The Morgan fingerprint density at radius 2 is 2.12 bits per heavy atom. The minimum absolute atomic E-state index is 0.0616. The lowest BCUT2D eigenvalue weighted by Crippen LogP contribution is -2.39. The highest BCUT2D eigenvalue weighted by Crippen LogP contribution is 2.40. The second-order valence-electron chi connectivity index (χ2n) is 6.56. The molecule has 25 heavy (non-hydrogen) atoms. The van der Waals surface area contributed by atoms with Gasteiger partial charge in [0.25, 0.3) is 0 Å². The quantitative estimate of drug-likeness (QED) is 0.687. The molecule has 0 unspecified atom stereocenters. The first kappa shape index (κ1) is 17.9. The zero-order valence-electron chi connectivity index (χ0n) is 14.5. The molecular weight excluding hydrogens is 348 g/mol. The molecule has 2 heterocycles. The van der Waals surface area contributed by atoms with Crippen molar-refractivity contribution in [3.8, 4) is 0 Å². The van der Waals surface area contributed by atoms with Crippen LogP contribution in [0.1, 0.15) is 50.0 Å². The molecular formula is C15H22N4O5S. The van der Waals surface area contributed by atoms with E-state index in [4.69, 9.17) is 8.94 Å². The molecule has 10 heteroatoms. The van der Waals surface area contributed by atoms with Gasteiger partial charge in [-0.3, -0.25) is 0 Å². The maximum Gasteiger partial charge on any atom is 0.437 e. The molecule has 0 atom stereocenters. The zero-order valence-corrected chi connectivity index (χ0v) is 15.3. The van der Waals surface area contributed by atoms with Gasteiger partial charge in [0.1, 0.15) is 5.76 Å². The largest absolute Gasteiger partial charge is 0.437 e. The van der Waals surface area contributed by atoms with Crippen LogP contribution >= 0.6 is 0 Å². The number of aryl methyl sites for hydroxylation is 2. The van der Waals surface area contributed by atoms with Gasteiger partial charge >= 0.3 is 5.76 Å². The van der Waals surface area contributed by atoms with Gasteiger partial charge in [0, 0.05) is 24.9 Å². The van der Waals surface area contributed by atoms with Crippen LogP contribution in [0.2, 0.25) is 0 Å². The number of nitrogens with zero attached hydrogens (tertiary/aromatic N) is 4. The maximum atomic E-state index is 12.7. The van der Waals surface area contributed by atoms with Crippen molar-refractivity contribution in [3.05, 3.63) is 34.0 Å². The Kier molecular flexibility index (Phi) is 4.83. The van der Waals surface area contributed by atoms with E-state index < -0.39 is 15.8 Å². The Morgan fingerprint density at radius 1 is 1.40 bits per heavy atom. The van der Waals surface area contributed by atoms with E-state index in [0.29, 0.717) is 11.6 Å². The molecule has 0 radical (unpaired) electrons. The Hall–Kier alpha value is -1.94. The monoisotopic (exact) mass is 370 g/mol. The van der Waals surface area contributed by atoms with Crippen LogP contribution in [-0.4, -0.2) is 39.5 Å². The fraction of sp³-hybridized carbons (Fsp3) is 0.667. The first-order chi connectivity index (χ1) is 11.8. The predicted molar refractivity (Wildman–Crippen MR) is 88.4 cm³/mol. The molecule has 0 N–H and O–H groups in total. The van der Waals surface area contributed by atoms with E-state index >= 15 is 0 Å². The van der Waals surface area contributed by atoms with Crippen LogP contribution in [-0.2, 0) is 23.1 Å². The highest BCUT2D eigenvalue weighted by Gasteiger charge is 2.30. The second kappa shape index (κ2) is 6.75. The van der Waals surface area contributed by atoms with E-state index in [1.54, 1.807) is 13.8 Å². The number of rotatable bonds is 8. The maximum absolute atomic E-state index is 12.7. The third-order valence-corrected chi connectivity index (χ3v) is 6.04. The van der Waals surface area contributed by atoms with Gasteiger partial charge in [-0.25, -0.2) is 13.2 Å². The summed E-state index contributed by atoms with van der Waals surface area (Å²) in [6, 6.07) is 1.58. The second-order valence-corrected chi connectivity index (χ2v) is 8.60. The average Bonchev–Trinajstić information content (AvgIpc) is 3.18. The predicted octanol–water partition coefficient (Wildman–Crippen LogP) is 1.25. The van der Waals surface area contributed by atoms with Gasteiger partial charge in [0.05, 0.1) is 24.5 Å². The molecule has 1 aliphatic carbocycles. The minimum atomic E-state index is -3.61. The molecule has 1 fully saturated rings. The number of hydrogen-bond donors (Lipinski definition) is 0. The molecule has 3 rings (SSSR count). The lowest BCUT2D eigenvalue weighted by atomic mass is 10.3. The van der Waals surface area contributed by atoms with Crippen LogP contribution in [0.25, 0.3) is 0 Å². The van der Waals surface area contributed by atoms with Crippen molar-refractivity contribution in [1.82, 2.24) is 19.2 Å². The Balaban J connectivity index is 1.70. The highest BCUT2D eigenvalue weighted by molar-refractivity contribution is 7.89. The summed E-state index contributed by atoms with van der Waals surface area (Å²) in [5.41, 5.74) is 0.591. The molecule has 0 amide bonds. The summed E-state index contributed by atoms with van der Waals surface area (Å²) in [6.45, 7) is 5.21. The van der Waals surface area contributed by atoms with E-state index in [0.717, 1.165) is 23.3 Å². The minimum Gasteiger partial charge on any atom is -0.393 e. The average molecular weight is 370 g/mol. The van der Waals surface area contributed by atoms with Crippen molar-refractivity contribution in [2.45, 2.75) is 58.7 Å². The van der Waals surface area contributed by atoms with Crippen molar-refractivity contribution in [1.29, 1.82) is 0 Å². The van der Waals surface area contributed by atoms with Crippen LogP contribution in [0.5, 0.6) is 0 Å². The molecule has 138 valence electrons. The lowest BCUT2D eigenvalue weighted by Gasteiger charge is -2.24. The summed E-state index contributed by atoms with van der Waals surface area (Å²) in [7, 11) is -3.61. The van der Waals surface area contributed by atoms with Crippen LogP contribution in [0.4, 0.5) is 0 Å². The van der Waals surface area contributed by atoms with Gasteiger partial charge in [-0.05, 0) is 26.7 Å². The summed E-state index contributed by atoms with van der Waals surface area (Å²) in [5.74, 6) is 0.547. The standard InChI is InChI=1S/C15H22N4O5S/c1-10(2)19(9-13-8-14(24-17-13)12-4-5-12)25(21,22)7-6-18-15(20)23-11(3)16-18/h8,10,12H,4-7,9H2,1-3H3. The van der Waals surface area contributed by atoms with Crippen LogP contribution in [0.15, 0.2) is 19.8 Å². The fourth-order valence-electron chi connectivity index (χ4n) is 2.60. The number of sulfonamides is 1. The van der Waals surface area contributed by atoms with Crippen LogP contribution < -0.4 is 5.76 Å². The van der Waals surface area contributed by atoms with Crippen molar-refractivity contribution in [2.75, 3.05) is 5.75 Å². The molecule has 1 aliphatic rings. The summed E-state index contributed by atoms with van der Waals surface area (Å²) >= 11 is 0. The van der Waals surface area contributed by atoms with Gasteiger partial charge in [0.2, 0.25) is 15.9 Å². The van der Waals surface area contributed by atoms with E-state index in [1.165, 1.54) is 11.2 Å². The normalized spacial score (nSPS) is 15.4. The lowest BCUT2D eigenvalue weighted by molar-refractivity contribution is 0.325. The van der Waals surface area contributed by atoms with Gasteiger partial charge in [-0.15, -0.1) is 5.10 Å². The van der Waals surface area contributed by atoms with Gasteiger partial charge < -0.3 is 8.94 Å². The van der Waals surface area contributed by atoms with Gasteiger partial charge in [-0.2, -0.15) is 8.99 Å². The molecule has 0 aromatic carbocycles. The Morgan fingerprint density at radius 3 is 2.68 bits per heavy atom. The molecule has 0 saturated heterocycles. The molecule has 1 saturated carbocycles. The molecule has 0 bridgehead atoms. The molecule has 0 aliphatic heterocycles. The summed E-state index contributed by atoms with van der Waals surface area (Å²) in [5, 5.41) is 7.84. The van der Waals surface area contributed by atoms with E-state index in [-0.39, 0.29) is 30.8 Å². The Bertz CT molecular complexity index is 891.